The number of carbonyl (C=O) groups excluding carboxylic acids is 1. The Labute approximate surface area is 184 Å². The Bertz CT molecular complexity index is 1120. The van der Waals surface area contributed by atoms with Gasteiger partial charge in [0.2, 0.25) is 10.0 Å². The Balaban J connectivity index is 1.69. The molecule has 0 atom stereocenters. The molecule has 31 heavy (non-hydrogen) atoms. The molecule has 0 unspecified atom stereocenters. The quantitative estimate of drug-likeness (QED) is 0.511. The first-order chi connectivity index (χ1) is 14.9. The van der Waals surface area contributed by atoms with E-state index in [1.165, 1.54) is 4.31 Å². The first kappa shape index (κ1) is 22.5. The van der Waals surface area contributed by atoms with Crippen molar-refractivity contribution in [3.05, 3.63) is 114 Å². The molecule has 0 radical (unpaired) electrons. The van der Waals surface area contributed by atoms with Gasteiger partial charge in [0.1, 0.15) is 0 Å². The molecule has 0 aromatic heterocycles. The molecule has 3 aromatic rings. The van der Waals surface area contributed by atoms with Crippen LogP contribution in [-0.4, -0.2) is 25.2 Å². The van der Waals surface area contributed by atoms with Gasteiger partial charge < -0.3 is 5.32 Å². The summed E-state index contributed by atoms with van der Waals surface area (Å²) in [5.41, 5.74) is 3.33. The van der Waals surface area contributed by atoms with Gasteiger partial charge in [-0.3, -0.25) is 4.79 Å². The van der Waals surface area contributed by atoms with Crippen molar-refractivity contribution >= 4 is 15.9 Å². The smallest absolute Gasteiger partial charge is 0.251 e. The van der Waals surface area contributed by atoms with Gasteiger partial charge in [-0.1, -0.05) is 66.2 Å². The highest BCUT2D eigenvalue weighted by atomic mass is 32.2. The number of sulfonamides is 1. The van der Waals surface area contributed by atoms with Crippen LogP contribution in [0.3, 0.4) is 0 Å². The van der Waals surface area contributed by atoms with Gasteiger partial charge in [0.05, 0.1) is 4.90 Å². The van der Waals surface area contributed by atoms with E-state index in [1.807, 2.05) is 37.3 Å². The average Bonchev–Trinajstić information content (AvgIpc) is 2.78. The van der Waals surface area contributed by atoms with Crippen molar-refractivity contribution in [1.82, 2.24) is 9.62 Å². The van der Waals surface area contributed by atoms with Gasteiger partial charge in [-0.25, -0.2) is 8.42 Å². The Morgan fingerprint density at radius 1 is 0.935 bits per heavy atom. The van der Waals surface area contributed by atoms with Gasteiger partial charge in [0.25, 0.3) is 5.91 Å². The maximum absolute atomic E-state index is 13.0. The van der Waals surface area contributed by atoms with E-state index in [1.54, 1.807) is 54.6 Å². The molecule has 0 bridgehead atoms. The third-order valence-corrected chi connectivity index (χ3v) is 6.69. The maximum atomic E-state index is 13.0. The van der Waals surface area contributed by atoms with E-state index in [4.69, 9.17) is 0 Å². The minimum atomic E-state index is -3.66. The lowest BCUT2D eigenvalue weighted by atomic mass is 10.1. The van der Waals surface area contributed by atoms with Crippen LogP contribution in [0.1, 0.15) is 27.0 Å². The zero-order valence-corrected chi connectivity index (χ0v) is 18.3. The minimum Gasteiger partial charge on any atom is -0.348 e. The molecule has 0 aliphatic heterocycles. The van der Waals surface area contributed by atoms with Crippen LogP contribution in [0, 0.1) is 6.92 Å². The van der Waals surface area contributed by atoms with E-state index in [2.05, 4.69) is 11.9 Å². The molecule has 0 spiro atoms. The summed E-state index contributed by atoms with van der Waals surface area (Å²) >= 11 is 0. The minimum absolute atomic E-state index is 0.175. The summed E-state index contributed by atoms with van der Waals surface area (Å²) in [5.74, 6) is -0.175. The molecule has 3 rings (SSSR count). The maximum Gasteiger partial charge on any atom is 0.251 e. The van der Waals surface area contributed by atoms with Gasteiger partial charge in [-0.2, -0.15) is 4.31 Å². The number of nitrogens with one attached hydrogen (secondary N) is 1. The second-order valence-corrected chi connectivity index (χ2v) is 9.20. The molecule has 5 nitrogen and oxygen atoms in total. The molecular weight excluding hydrogens is 408 g/mol. The Kier molecular flexibility index (Phi) is 7.39. The predicted molar refractivity (Wildman–Crippen MR) is 123 cm³/mol. The monoisotopic (exact) mass is 434 g/mol. The van der Waals surface area contributed by atoms with Gasteiger partial charge in [0, 0.05) is 25.2 Å². The summed E-state index contributed by atoms with van der Waals surface area (Å²) in [5, 5.41) is 2.89. The van der Waals surface area contributed by atoms with Crippen LogP contribution < -0.4 is 5.32 Å². The number of aryl methyl sites for hydroxylation is 1. The van der Waals surface area contributed by atoms with Crippen molar-refractivity contribution in [2.45, 2.75) is 24.9 Å². The van der Waals surface area contributed by atoms with E-state index in [-0.39, 0.29) is 23.9 Å². The van der Waals surface area contributed by atoms with Crippen molar-refractivity contribution < 1.29 is 13.2 Å². The molecule has 160 valence electrons. The third-order valence-electron chi connectivity index (χ3n) is 4.86. The normalized spacial score (nSPS) is 11.3. The fourth-order valence-electron chi connectivity index (χ4n) is 3.10. The predicted octanol–water partition coefficient (Wildman–Crippen LogP) is 4.30. The van der Waals surface area contributed by atoms with Gasteiger partial charge in [-0.15, -0.1) is 6.58 Å². The molecule has 0 aliphatic rings. The molecule has 0 saturated carbocycles. The molecule has 6 heteroatoms. The molecule has 0 aliphatic carbocycles. The largest absolute Gasteiger partial charge is 0.348 e. The van der Waals surface area contributed by atoms with Crippen molar-refractivity contribution in [3.63, 3.8) is 0 Å². The summed E-state index contributed by atoms with van der Waals surface area (Å²) < 4.78 is 27.5. The van der Waals surface area contributed by atoms with E-state index in [0.717, 1.165) is 16.7 Å². The zero-order valence-electron chi connectivity index (χ0n) is 17.5. The first-order valence-corrected chi connectivity index (χ1v) is 11.4. The first-order valence-electron chi connectivity index (χ1n) is 9.99. The van der Waals surface area contributed by atoms with Crippen molar-refractivity contribution in [2.24, 2.45) is 0 Å². The number of hydrogen-bond acceptors (Lipinski definition) is 3. The molecule has 1 amide bonds. The van der Waals surface area contributed by atoms with Crippen molar-refractivity contribution in [1.29, 1.82) is 0 Å². The number of nitrogens with zero attached hydrogens (tertiary/aromatic N) is 1. The second-order valence-electron chi connectivity index (χ2n) is 7.26. The molecule has 3 aromatic carbocycles. The van der Waals surface area contributed by atoms with Crippen LogP contribution in [0.25, 0.3) is 0 Å². The SMILES string of the molecule is C=CCN(Cc1ccc(C(=O)NCc2ccccc2)cc1)S(=O)(=O)c1ccc(C)cc1. The van der Waals surface area contributed by atoms with E-state index >= 15 is 0 Å². The van der Waals surface area contributed by atoms with Gasteiger partial charge in [0.15, 0.2) is 0 Å². The standard InChI is InChI=1S/C25H26N2O3S/c1-3-17-27(31(29,30)24-15-9-20(2)10-16-24)19-22-11-13-23(14-12-22)25(28)26-18-21-7-5-4-6-8-21/h3-16H,1,17-19H2,2H3,(H,26,28). The second kappa shape index (κ2) is 10.2. The lowest BCUT2D eigenvalue weighted by Gasteiger charge is -2.21. The highest BCUT2D eigenvalue weighted by Crippen LogP contribution is 2.19. The fraction of sp³-hybridized carbons (Fsp3) is 0.160. The lowest BCUT2D eigenvalue weighted by Crippen LogP contribution is -2.31. The topological polar surface area (TPSA) is 66.5 Å². The molecule has 0 saturated heterocycles. The van der Waals surface area contributed by atoms with E-state index in [0.29, 0.717) is 12.1 Å². The number of benzene rings is 3. The Hall–Kier alpha value is -3.22. The summed E-state index contributed by atoms with van der Waals surface area (Å²) in [6.07, 6.45) is 1.57. The van der Waals surface area contributed by atoms with Crippen LogP contribution in [0.4, 0.5) is 0 Å². The average molecular weight is 435 g/mol. The number of amides is 1. The van der Waals surface area contributed by atoms with Crippen LogP contribution >= 0.6 is 0 Å². The van der Waals surface area contributed by atoms with Crippen LogP contribution in [0.2, 0.25) is 0 Å². The van der Waals surface area contributed by atoms with Crippen molar-refractivity contribution in [2.75, 3.05) is 6.54 Å². The Morgan fingerprint density at radius 2 is 1.58 bits per heavy atom. The number of rotatable bonds is 9. The van der Waals surface area contributed by atoms with Gasteiger partial charge in [-0.05, 0) is 42.3 Å². The van der Waals surface area contributed by atoms with Crippen LogP contribution in [0.5, 0.6) is 0 Å². The Morgan fingerprint density at radius 3 is 2.19 bits per heavy atom. The molecular formula is C25H26N2O3S. The van der Waals surface area contributed by atoms with Crippen molar-refractivity contribution in [3.8, 4) is 0 Å². The summed E-state index contributed by atoms with van der Waals surface area (Å²) in [6.45, 7) is 6.43. The third kappa shape index (κ3) is 5.90. The van der Waals surface area contributed by atoms with Crippen LogP contribution in [0.15, 0.2) is 96.4 Å². The summed E-state index contributed by atoms with van der Waals surface area (Å²) in [7, 11) is -3.66. The fourth-order valence-corrected chi connectivity index (χ4v) is 4.50. The summed E-state index contributed by atoms with van der Waals surface area (Å²) in [4.78, 5) is 12.6. The van der Waals surface area contributed by atoms with E-state index in [9.17, 15) is 13.2 Å². The number of hydrogen-bond donors (Lipinski definition) is 1. The van der Waals surface area contributed by atoms with E-state index < -0.39 is 10.0 Å². The highest BCUT2D eigenvalue weighted by molar-refractivity contribution is 7.89. The molecule has 1 N–H and O–H groups in total. The lowest BCUT2D eigenvalue weighted by molar-refractivity contribution is 0.0951. The van der Waals surface area contributed by atoms with Crippen LogP contribution in [-0.2, 0) is 23.1 Å². The molecule has 0 heterocycles. The highest BCUT2D eigenvalue weighted by Gasteiger charge is 2.23. The molecule has 0 fully saturated rings. The van der Waals surface area contributed by atoms with Gasteiger partial charge >= 0.3 is 0 Å². The zero-order chi connectivity index (χ0) is 22.3. The number of carbonyl (C=O) groups is 1. The summed E-state index contributed by atoms with van der Waals surface area (Å²) in [6, 6.07) is 23.4.